The maximum atomic E-state index is 11.4. The van der Waals surface area contributed by atoms with Gasteiger partial charge in [-0.3, -0.25) is 0 Å². The van der Waals surface area contributed by atoms with Crippen LogP contribution >= 0.6 is 15.9 Å². The van der Waals surface area contributed by atoms with Crippen LogP contribution in [0.4, 0.5) is 4.79 Å². The van der Waals surface area contributed by atoms with Gasteiger partial charge in [0.1, 0.15) is 5.60 Å². The Bertz CT molecular complexity index is 426. The smallest absolute Gasteiger partial charge is 0.407 e. The molecule has 0 spiro atoms. The van der Waals surface area contributed by atoms with Gasteiger partial charge < -0.3 is 14.8 Å². The normalized spacial score (nSPS) is 11.2. The third kappa shape index (κ3) is 9.47. The molecule has 0 aliphatic heterocycles. The van der Waals surface area contributed by atoms with Crippen LogP contribution in [0.3, 0.4) is 0 Å². The fourth-order valence-corrected chi connectivity index (χ4v) is 1.94. The molecule has 0 unspecified atom stereocenters. The molecular formula is C16H24BrNO3. The van der Waals surface area contributed by atoms with E-state index in [1.54, 1.807) is 0 Å². The summed E-state index contributed by atoms with van der Waals surface area (Å²) in [4.78, 5) is 11.4. The molecule has 1 aromatic carbocycles. The van der Waals surface area contributed by atoms with Gasteiger partial charge in [-0.2, -0.15) is 0 Å². The van der Waals surface area contributed by atoms with Gasteiger partial charge in [-0.25, -0.2) is 4.79 Å². The molecule has 0 heterocycles. The highest BCUT2D eigenvalue weighted by Crippen LogP contribution is 2.11. The molecule has 118 valence electrons. The number of halogens is 1. The van der Waals surface area contributed by atoms with Gasteiger partial charge in [0.05, 0.1) is 6.61 Å². The molecule has 0 saturated carbocycles. The number of alkyl carbamates (subject to hydrolysis) is 1. The Hall–Kier alpha value is -1.07. The zero-order chi connectivity index (χ0) is 15.7. The lowest BCUT2D eigenvalue weighted by atomic mass is 10.1. The molecule has 4 nitrogen and oxygen atoms in total. The Kier molecular flexibility index (Phi) is 7.75. The summed E-state index contributed by atoms with van der Waals surface area (Å²) in [5, 5.41) is 2.66. The number of nitrogens with one attached hydrogen (secondary N) is 1. The van der Waals surface area contributed by atoms with Crippen LogP contribution in [0.15, 0.2) is 28.7 Å². The first-order chi connectivity index (χ1) is 9.87. The SMILES string of the molecule is CC(C)(C)OC(=O)NCCOCCCc1ccc(Br)cc1. The van der Waals surface area contributed by atoms with Crippen molar-refractivity contribution < 1.29 is 14.3 Å². The van der Waals surface area contributed by atoms with Gasteiger partial charge in [-0.15, -0.1) is 0 Å². The Balaban J connectivity index is 2.00. The first-order valence-corrected chi connectivity index (χ1v) is 7.95. The van der Waals surface area contributed by atoms with Gasteiger partial charge in [0.25, 0.3) is 0 Å². The fourth-order valence-electron chi connectivity index (χ4n) is 1.67. The van der Waals surface area contributed by atoms with Crippen molar-refractivity contribution in [3.63, 3.8) is 0 Å². The Morgan fingerprint density at radius 2 is 1.86 bits per heavy atom. The summed E-state index contributed by atoms with van der Waals surface area (Å²) in [5.74, 6) is 0. The van der Waals surface area contributed by atoms with Crippen molar-refractivity contribution in [2.24, 2.45) is 0 Å². The number of carbonyl (C=O) groups is 1. The number of rotatable bonds is 7. The molecule has 1 amide bonds. The van der Waals surface area contributed by atoms with Gasteiger partial charge in [-0.05, 0) is 51.3 Å². The lowest BCUT2D eigenvalue weighted by Crippen LogP contribution is -2.34. The van der Waals surface area contributed by atoms with Crippen molar-refractivity contribution in [2.45, 2.75) is 39.2 Å². The Labute approximate surface area is 135 Å². The lowest BCUT2D eigenvalue weighted by Gasteiger charge is -2.19. The van der Waals surface area contributed by atoms with E-state index in [9.17, 15) is 4.79 Å². The highest BCUT2D eigenvalue weighted by molar-refractivity contribution is 9.10. The molecule has 0 fully saturated rings. The Morgan fingerprint density at radius 1 is 1.19 bits per heavy atom. The fraction of sp³-hybridized carbons (Fsp3) is 0.562. The van der Waals surface area contributed by atoms with Crippen molar-refractivity contribution in [3.8, 4) is 0 Å². The average molecular weight is 358 g/mol. The van der Waals surface area contributed by atoms with E-state index < -0.39 is 11.7 Å². The summed E-state index contributed by atoms with van der Waals surface area (Å²) in [6.07, 6.45) is 1.56. The van der Waals surface area contributed by atoms with E-state index in [1.165, 1.54) is 5.56 Å². The minimum atomic E-state index is -0.463. The van der Waals surface area contributed by atoms with Gasteiger partial charge >= 0.3 is 6.09 Å². The number of carbonyl (C=O) groups excluding carboxylic acids is 1. The van der Waals surface area contributed by atoms with Crippen molar-refractivity contribution in [1.29, 1.82) is 0 Å². The second-order valence-corrected chi connectivity index (χ2v) is 6.69. The predicted molar refractivity (Wildman–Crippen MR) is 87.5 cm³/mol. The molecule has 0 aliphatic rings. The molecule has 0 radical (unpaired) electrons. The van der Waals surface area contributed by atoms with Crippen LogP contribution < -0.4 is 5.32 Å². The highest BCUT2D eigenvalue weighted by Gasteiger charge is 2.15. The average Bonchev–Trinajstić information content (AvgIpc) is 2.37. The van der Waals surface area contributed by atoms with E-state index in [-0.39, 0.29) is 0 Å². The summed E-state index contributed by atoms with van der Waals surface area (Å²) < 4.78 is 11.7. The maximum Gasteiger partial charge on any atom is 0.407 e. The molecule has 0 aliphatic carbocycles. The number of amides is 1. The monoisotopic (exact) mass is 357 g/mol. The van der Waals surface area contributed by atoms with Gasteiger partial charge in [-0.1, -0.05) is 28.1 Å². The van der Waals surface area contributed by atoms with Crippen LogP contribution in [-0.4, -0.2) is 31.5 Å². The second-order valence-electron chi connectivity index (χ2n) is 5.77. The van der Waals surface area contributed by atoms with Crippen LogP contribution in [0, 0.1) is 0 Å². The van der Waals surface area contributed by atoms with E-state index in [2.05, 4.69) is 33.4 Å². The van der Waals surface area contributed by atoms with Crippen molar-refractivity contribution in [1.82, 2.24) is 5.32 Å². The maximum absolute atomic E-state index is 11.4. The van der Waals surface area contributed by atoms with Crippen LogP contribution in [0.25, 0.3) is 0 Å². The zero-order valence-corrected chi connectivity index (χ0v) is 14.5. The summed E-state index contributed by atoms with van der Waals surface area (Å²) in [7, 11) is 0. The molecule has 1 N–H and O–H groups in total. The third-order valence-corrected chi connectivity index (χ3v) is 3.11. The standard InChI is InChI=1S/C16H24BrNO3/c1-16(2,3)21-15(19)18-10-12-20-11-4-5-13-6-8-14(17)9-7-13/h6-9H,4-5,10-12H2,1-3H3,(H,18,19). The highest BCUT2D eigenvalue weighted by atomic mass is 79.9. The first-order valence-electron chi connectivity index (χ1n) is 7.16. The second kappa shape index (κ2) is 9.05. The molecule has 0 saturated heterocycles. The van der Waals surface area contributed by atoms with Crippen molar-refractivity contribution >= 4 is 22.0 Å². The summed E-state index contributed by atoms with van der Waals surface area (Å²) in [6.45, 7) is 7.17. The number of ether oxygens (including phenoxy) is 2. The molecule has 21 heavy (non-hydrogen) atoms. The molecule has 0 aromatic heterocycles. The summed E-state index contributed by atoms with van der Waals surface area (Å²) in [6, 6.07) is 8.30. The zero-order valence-electron chi connectivity index (χ0n) is 12.9. The van der Waals surface area contributed by atoms with Crippen molar-refractivity contribution in [3.05, 3.63) is 34.3 Å². The van der Waals surface area contributed by atoms with E-state index in [4.69, 9.17) is 9.47 Å². The quantitative estimate of drug-likeness (QED) is 0.752. The lowest BCUT2D eigenvalue weighted by molar-refractivity contribution is 0.0499. The van der Waals surface area contributed by atoms with Gasteiger partial charge in [0, 0.05) is 17.6 Å². The Morgan fingerprint density at radius 3 is 2.48 bits per heavy atom. The topological polar surface area (TPSA) is 47.6 Å². The first kappa shape index (κ1) is 18.0. The predicted octanol–water partition coefficient (Wildman–Crippen LogP) is 3.92. The summed E-state index contributed by atoms with van der Waals surface area (Å²) >= 11 is 3.42. The number of benzene rings is 1. The van der Waals surface area contributed by atoms with Crippen LogP contribution in [0.2, 0.25) is 0 Å². The van der Waals surface area contributed by atoms with E-state index in [1.807, 2.05) is 32.9 Å². The molecule has 1 rings (SSSR count). The third-order valence-electron chi connectivity index (χ3n) is 2.58. The molecule has 5 heteroatoms. The molecule has 1 aromatic rings. The molecular weight excluding hydrogens is 334 g/mol. The van der Waals surface area contributed by atoms with Crippen LogP contribution in [0.1, 0.15) is 32.8 Å². The van der Waals surface area contributed by atoms with E-state index in [0.717, 1.165) is 17.3 Å². The van der Waals surface area contributed by atoms with E-state index in [0.29, 0.717) is 19.8 Å². The van der Waals surface area contributed by atoms with Crippen LogP contribution in [0.5, 0.6) is 0 Å². The number of hydrogen-bond donors (Lipinski definition) is 1. The molecule has 0 bridgehead atoms. The summed E-state index contributed by atoms with van der Waals surface area (Å²) in [5.41, 5.74) is 0.837. The van der Waals surface area contributed by atoms with E-state index >= 15 is 0 Å². The van der Waals surface area contributed by atoms with Gasteiger partial charge in [0.15, 0.2) is 0 Å². The molecule has 0 atom stereocenters. The minimum Gasteiger partial charge on any atom is -0.444 e. The van der Waals surface area contributed by atoms with Gasteiger partial charge in [0.2, 0.25) is 0 Å². The minimum absolute atomic E-state index is 0.402. The van der Waals surface area contributed by atoms with Crippen LogP contribution in [-0.2, 0) is 15.9 Å². The number of hydrogen-bond acceptors (Lipinski definition) is 3. The largest absolute Gasteiger partial charge is 0.444 e. The number of aryl methyl sites for hydroxylation is 1. The van der Waals surface area contributed by atoms with Crippen molar-refractivity contribution in [2.75, 3.05) is 19.8 Å².